The smallest absolute Gasteiger partial charge is 0.227 e. The number of aromatic nitrogens is 2. The second-order valence-corrected chi connectivity index (χ2v) is 4.91. The van der Waals surface area contributed by atoms with Crippen LogP contribution in [-0.4, -0.2) is 67.4 Å². The summed E-state index contributed by atoms with van der Waals surface area (Å²) < 4.78 is 5.14. The van der Waals surface area contributed by atoms with E-state index in [1.54, 1.807) is 0 Å². The summed E-state index contributed by atoms with van der Waals surface area (Å²) in [5.74, 6) is 1.72. The zero-order valence-corrected chi connectivity index (χ0v) is 10.7. The van der Waals surface area contributed by atoms with Gasteiger partial charge in [-0.2, -0.15) is 4.98 Å². The molecule has 0 atom stereocenters. The molecule has 3 rings (SSSR count). The molecule has 0 aromatic carbocycles. The Morgan fingerprint density at radius 1 is 1.28 bits per heavy atom. The number of hydrogen-bond donors (Lipinski definition) is 1. The number of piperazine rings is 1. The molecule has 0 aliphatic carbocycles. The number of nitrogens with zero attached hydrogens (tertiary/aromatic N) is 4. The van der Waals surface area contributed by atoms with Gasteiger partial charge in [0.2, 0.25) is 5.95 Å². The Kier molecular flexibility index (Phi) is 3.29. The van der Waals surface area contributed by atoms with Gasteiger partial charge in [-0.05, 0) is 13.1 Å². The first-order valence-electron chi connectivity index (χ1n) is 6.42. The number of hydrogen-bond acceptors (Lipinski definition) is 6. The summed E-state index contributed by atoms with van der Waals surface area (Å²) in [5.41, 5.74) is 0. The predicted molar refractivity (Wildman–Crippen MR) is 70.0 cm³/mol. The van der Waals surface area contributed by atoms with E-state index >= 15 is 0 Å². The fourth-order valence-corrected chi connectivity index (χ4v) is 2.12. The van der Waals surface area contributed by atoms with Gasteiger partial charge in [-0.25, -0.2) is 4.98 Å². The summed E-state index contributed by atoms with van der Waals surface area (Å²) in [6, 6.07) is 2.32. The van der Waals surface area contributed by atoms with Crippen molar-refractivity contribution in [2.75, 3.05) is 56.7 Å². The molecule has 2 aliphatic rings. The molecular weight excluding hydrogens is 230 g/mol. The van der Waals surface area contributed by atoms with Crippen LogP contribution < -0.4 is 10.2 Å². The van der Waals surface area contributed by atoms with Crippen molar-refractivity contribution in [1.82, 2.24) is 14.9 Å². The first kappa shape index (κ1) is 11.7. The fraction of sp³-hybridized carbons (Fsp3) is 0.667. The van der Waals surface area contributed by atoms with E-state index in [9.17, 15) is 0 Å². The van der Waals surface area contributed by atoms with Gasteiger partial charge in [0.1, 0.15) is 5.82 Å². The van der Waals surface area contributed by atoms with E-state index in [4.69, 9.17) is 4.74 Å². The highest BCUT2D eigenvalue weighted by Gasteiger charge is 2.20. The van der Waals surface area contributed by atoms with Crippen molar-refractivity contribution in [1.29, 1.82) is 0 Å². The van der Waals surface area contributed by atoms with E-state index in [-0.39, 0.29) is 0 Å². The molecule has 2 aliphatic heterocycles. The minimum absolute atomic E-state index is 0.403. The molecule has 1 aromatic heterocycles. The van der Waals surface area contributed by atoms with Crippen LogP contribution in [0.15, 0.2) is 12.3 Å². The van der Waals surface area contributed by atoms with Gasteiger partial charge >= 0.3 is 0 Å². The van der Waals surface area contributed by atoms with Crippen molar-refractivity contribution in [3.8, 4) is 0 Å². The molecule has 2 fully saturated rings. The van der Waals surface area contributed by atoms with Crippen LogP contribution in [0.4, 0.5) is 11.8 Å². The van der Waals surface area contributed by atoms with Crippen molar-refractivity contribution < 1.29 is 4.74 Å². The minimum Gasteiger partial charge on any atom is -0.377 e. The average Bonchev–Trinajstić information content (AvgIpc) is 2.35. The summed E-state index contributed by atoms with van der Waals surface area (Å²) in [6.45, 7) is 5.66. The van der Waals surface area contributed by atoms with Crippen molar-refractivity contribution in [3.63, 3.8) is 0 Å². The van der Waals surface area contributed by atoms with Gasteiger partial charge in [0.25, 0.3) is 0 Å². The number of anilines is 2. The summed E-state index contributed by atoms with van der Waals surface area (Å²) in [6.07, 6.45) is 1.82. The Labute approximate surface area is 107 Å². The highest BCUT2D eigenvalue weighted by molar-refractivity contribution is 5.42. The SMILES string of the molecule is CN1CCN(c2nccc(NC3COC3)n2)CC1. The summed E-state index contributed by atoms with van der Waals surface area (Å²) in [5, 5.41) is 3.35. The fourth-order valence-electron chi connectivity index (χ4n) is 2.12. The van der Waals surface area contributed by atoms with Gasteiger partial charge in [-0.1, -0.05) is 0 Å². The molecule has 0 radical (unpaired) electrons. The number of likely N-dealkylation sites (N-methyl/N-ethyl adjacent to an activating group) is 1. The van der Waals surface area contributed by atoms with E-state index in [1.807, 2.05) is 12.3 Å². The van der Waals surface area contributed by atoms with Gasteiger partial charge < -0.3 is 19.9 Å². The van der Waals surface area contributed by atoms with E-state index in [2.05, 4.69) is 32.1 Å². The standard InChI is InChI=1S/C12H19N5O/c1-16-4-6-17(7-5-16)12-13-3-2-11(15-12)14-10-8-18-9-10/h2-3,10H,4-9H2,1H3,(H,13,14,15). The topological polar surface area (TPSA) is 53.5 Å². The number of ether oxygens (including phenoxy) is 1. The van der Waals surface area contributed by atoms with Crippen LogP contribution in [0.25, 0.3) is 0 Å². The first-order valence-corrected chi connectivity index (χ1v) is 6.42. The second kappa shape index (κ2) is 5.07. The Morgan fingerprint density at radius 2 is 2.06 bits per heavy atom. The highest BCUT2D eigenvalue weighted by Crippen LogP contribution is 2.15. The van der Waals surface area contributed by atoms with Crippen LogP contribution >= 0.6 is 0 Å². The highest BCUT2D eigenvalue weighted by atomic mass is 16.5. The molecule has 1 aromatic rings. The van der Waals surface area contributed by atoms with Gasteiger partial charge in [0.15, 0.2) is 0 Å². The van der Waals surface area contributed by atoms with Crippen LogP contribution in [0.5, 0.6) is 0 Å². The Morgan fingerprint density at radius 3 is 2.72 bits per heavy atom. The Balaban J connectivity index is 1.66. The molecule has 0 unspecified atom stereocenters. The Hall–Kier alpha value is -1.40. The predicted octanol–water partition coefficient (Wildman–Crippen LogP) is 0.0391. The zero-order valence-electron chi connectivity index (χ0n) is 10.7. The van der Waals surface area contributed by atoms with Crippen LogP contribution in [-0.2, 0) is 4.74 Å². The third-order valence-electron chi connectivity index (χ3n) is 3.42. The molecule has 98 valence electrons. The molecule has 3 heterocycles. The molecular formula is C12H19N5O. The lowest BCUT2D eigenvalue weighted by Gasteiger charge is -2.32. The first-order chi connectivity index (χ1) is 8.81. The lowest BCUT2D eigenvalue weighted by Crippen LogP contribution is -2.45. The molecule has 18 heavy (non-hydrogen) atoms. The van der Waals surface area contributed by atoms with Crippen LogP contribution in [0.3, 0.4) is 0 Å². The summed E-state index contributed by atoms with van der Waals surface area (Å²) in [7, 11) is 2.15. The van der Waals surface area contributed by atoms with Crippen LogP contribution in [0, 0.1) is 0 Å². The quantitative estimate of drug-likeness (QED) is 0.816. The van der Waals surface area contributed by atoms with Gasteiger partial charge in [-0.15, -0.1) is 0 Å². The molecule has 0 spiro atoms. The lowest BCUT2D eigenvalue weighted by molar-refractivity contribution is 0.0209. The normalized spacial score (nSPS) is 21.7. The molecule has 0 saturated carbocycles. The summed E-state index contributed by atoms with van der Waals surface area (Å²) >= 11 is 0. The zero-order chi connectivity index (χ0) is 12.4. The van der Waals surface area contributed by atoms with Crippen molar-refractivity contribution in [2.24, 2.45) is 0 Å². The van der Waals surface area contributed by atoms with Crippen molar-refractivity contribution >= 4 is 11.8 Å². The van der Waals surface area contributed by atoms with Gasteiger partial charge in [0.05, 0.1) is 19.3 Å². The van der Waals surface area contributed by atoms with Crippen LogP contribution in [0.2, 0.25) is 0 Å². The molecule has 0 bridgehead atoms. The van der Waals surface area contributed by atoms with E-state index < -0.39 is 0 Å². The van der Waals surface area contributed by atoms with Gasteiger partial charge in [0, 0.05) is 32.4 Å². The third-order valence-corrected chi connectivity index (χ3v) is 3.42. The molecule has 6 heteroatoms. The largest absolute Gasteiger partial charge is 0.377 e. The van der Waals surface area contributed by atoms with Gasteiger partial charge in [-0.3, -0.25) is 0 Å². The minimum atomic E-state index is 0.403. The Bertz CT molecular complexity index is 401. The van der Waals surface area contributed by atoms with E-state index in [1.165, 1.54) is 0 Å². The lowest BCUT2D eigenvalue weighted by atomic mass is 10.2. The second-order valence-electron chi connectivity index (χ2n) is 4.91. The average molecular weight is 249 g/mol. The third kappa shape index (κ3) is 2.54. The maximum atomic E-state index is 5.14. The van der Waals surface area contributed by atoms with E-state index in [0.717, 1.165) is 51.2 Å². The molecule has 2 saturated heterocycles. The number of nitrogens with one attached hydrogen (secondary N) is 1. The van der Waals surface area contributed by atoms with E-state index in [0.29, 0.717) is 6.04 Å². The van der Waals surface area contributed by atoms with Crippen molar-refractivity contribution in [3.05, 3.63) is 12.3 Å². The van der Waals surface area contributed by atoms with Crippen molar-refractivity contribution in [2.45, 2.75) is 6.04 Å². The maximum Gasteiger partial charge on any atom is 0.227 e. The maximum absolute atomic E-state index is 5.14. The van der Waals surface area contributed by atoms with Crippen LogP contribution in [0.1, 0.15) is 0 Å². The molecule has 0 amide bonds. The number of rotatable bonds is 3. The molecule has 1 N–H and O–H groups in total. The summed E-state index contributed by atoms with van der Waals surface area (Å²) in [4.78, 5) is 13.5. The monoisotopic (exact) mass is 249 g/mol. The molecule has 6 nitrogen and oxygen atoms in total.